The second-order valence-corrected chi connectivity index (χ2v) is 7.11. The number of hydrogen-bond acceptors (Lipinski definition) is 4. The van der Waals surface area contributed by atoms with Gasteiger partial charge in [0.2, 0.25) is 0 Å². The predicted octanol–water partition coefficient (Wildman–Crippen LogP) is 3.46. The Labute approximate surface area is 133 Å². The third-order valence-corrected chi connectivity index (χ3v) is 5.22. The standard InChI is InChI=1S/C15H22BrNO2S/c1-18-9-6-17-11-12-2-3-13(16)10-15(12)20-14-4-7-19-8-5-14/h2-3,10,14,17H,4-9,11H2,1H3. The van der Waals surface area contributed by atoms with Crippen LogP contribution in [-0.4, -0.2) is 38.7 Å². The zero-order chi connectivity index (χ0) is 14.2. The molecular formula is C15H22BrNO2S. The molecule has 3 nitrogen and oxygen atoms in total. The second kappa shape index (κ2) is 9.05. The predicted molar refractivity (Wildman–Crippen MR) is 87.4 cm³/mol. The fraction of sp³-hybridized carbons (Fsp3) is 0.600. The van der Waals surface area contributed by atoms with E-state index < -0.39 is 0 Å². The molecule has 1 saturated heterocycles. The number of thioether (sulfide) groups is 1. The second-order valence-electron chi connectivity index (χ2n) is 4.85. The molecule has 5 heteroatoms. The Hall–Kier alpha value is -0.0700. The normalized spacial score (nSPS) is 16.5. The van der Waals surface area contributed by atoms with Crippen molar-refractivity contribution in [3.8, 4) is 0 Å². The number of methoxy groups -OCH3 is 1. The first-order valence-corrected chi connectivity index (χ1v) is 8.69. The van der Waals surface area contributed by atoms with Crippen LogP contribution in [0.2, 0.25) is 0 Å². The molecule has 1 aromatic rings. The molecule has 0 unspecified atom stereocenters. The van der Waals surface area contributed by atoms with Crippen LogP contribution in [0.3, 0.4) is 0 Å². The monoisotopic (exact) mass is 359 g/mol. The SMILES string of the molecule is COCCNCc1ccc(Br)cc1SC1CCOCC1. The van der Waals surface area contributed by atoms with Crippen LogP contribution in [-0.2, 0) is 16.0 Å². The fourth-order valence-corrected chi connectivity index (χ4v) is 3.94. The lowest BCUT2D eigenvalue weighted by molar-refractivity contribution is 0.1000. The van der Waals surface area contributed by atoms with Crippen molar-refractivity contribution in [2.24, 2.45) is 0 Å². The van der Waals surface area contributed by atoms with E-state index in [0.29, 0.717) is 5.25 Å². The zero-order valence-electron chi connectivity index (χ0n) is 11.9. The maximum Gasteiger partial charge on any atom is 0.0587 e. The Morgan fingerprint density at radius 3 is 2.95 bits per heavy atom. The molecule has 1 aliphatic rings. The molecule has 1 aliphatic heterocycles. The molecule has 1 fully saturated rings. The molecule has 0 bridgehead atoms. The van der Waals surface area contributed by atoms with Gasteiger partial charge in [-0.2, -0.15) is 0 Å². The van der Waals surface area contributed by atoms with E-state index in [4.69, 9.17) is 9.47 Å². The van der Waals surface area contributed by atoms with Gasteiger partial charge in [-0.05, 0) is 30.5 Å². The molecular weight excluding hydrogens is 338 g/mol. The van der Waals surface area contributed by atoms with Crippen molar-refractivity contribution >= 4 is 27.7 Å². The third-order valence-electron chi connectivity index (χ3n) is 3.29. The van der Waals surface area contributed by atoms with E-state index >= 15 is 0 Å². The van der Waals surface area contributed by atoms with E-state index in [9.17, 15) is 0 Å². The number of halogens is 1. The Bertz CT molecular complexity index is 411. The molecule has 1 heterocycles. The topological polar surface area (TPSA) is 30.5 Å². The molecule has 0 radical (unpaired) electrons. The molecule has 0 aromatic heterocycles. The highest BCUT2D eigenvalue weighted by Crippen LogP contribution is 2.33. The van der Waals surface area contributed by atoms with Crippen molar-refractivity contribution in [3.63, 3.8) is 0 Å². The van der Waals surface area contributed by atoms with Crippen LogP contribution in [0.4, 0.5) is 0 Å². The largest absolute Gasteiger partial charge is 0.383 e. The summed E-state index contributed by atoms with van der Waals surface area (Å²) < 4.78 is 11.6. The van der Waals surface area contributed by atoms with Gasteiger partial charge in [0.15, 0.2) is 0 Å². The lowest BCUT2D eigenvalue weighted by atomic mass is 10.2. The number of hydrogen-bond donors (Lipinski definition) is 1. The summed E-state index contributed by atoms with van der Waals surface area (Å²) in [5.41, 5.74) is 1.36. The van der Waals surface area contributed by atoms with Gasteiger partial charge in [0.1, 0.15) is 0 Å². The van der Waals surface area contributed by atoms with E-state index in [-0.39, 0.29) is 0 Å². The molecule has 0 atom stereocenters. The van der Waals surface area contributed by atoms with Gasteiger partial charge in [0, 0.05) is 48.0 Å². The van der Waals surface area contributed by atoms with Crippen LogP contribution in [0.1, 0.15) is 18.4 Å². The first kappa shape index (κ1) is 16.3. The van der Waals surface area contributed by atoms with Gasteiger partial charge in [-0.25, -0.2) is 0 Å². The highest BCUT2D eigenvalue weighted by atomic mass is 79.9. The Balaban J connectivity index is 1.95. The summed E-state index contributed by atoms with van der Waals surface area (Å²) in [7, 11) is 1.73. The average Bonchev–Trinajstić information content (AvgIpc) is 2.47. The first-order valence-electron chi connectivity index (χ1n) is 7.02. The molecule has 0 amide bonds. The summed E-state index contributed by atoms with van der Waals surface area (Å²) in [6.45, 7) is 4.31. The molecule has 0 spiro atoms. The molecule has 20 heavy (non-hydrogen) atoms. The molecule has 0 aliphatic carbocycles. The quantitative estimate of drug-likeness (QED) is 0.755. The summed E-state index contributed by atoms with van der Waals surface area (Å²) in [6, 6.07) is 6.54. The van der Waals surface area contributed by atoms with Gasteiger partial charge in [0.25, 0.3) is 0 Å². The van der Waals surface area contributed by atoms with Gasteiger partial charge < -0.3 is 14.8 Å². The number of benzene rings is 1. The molecule has 0 saturated carbocycles. The van der Waals surface area contributed by atoms with E-state index in [1.165, 1.54) is 10.5 Å². The minimum absolute atomic E-state index is 0.677. The summed E-state index contributed by atoms with van der Waals surface area (Å²) in [5, 5.41) is 4.10. The van der Waals surface area contributed by atoms with E-state index in [2.05, 4.69) is 39.4 Å². The van der Waals surface area contributed by atoms with Gasteiger partial charge in [-0.1, -0.05) is 22.0 Å². The van der Waals surface area contributed by atoms with Crippen molar-refractivity contribution in [1.82, 2.24) is 5.32 Å². The van der Waals surface area contributed by atoms with Gasteiger partial charge >= 0.3 is 0 Å². The zero-order valence-corrected chi connectivity index (χ0v) is 14.3. The lowest BCUT2D eigenvalue weighted by Gasteiger charge is -2.22. The van der Waals surface area contributed by atoms with Crippen LogP contribution in [0.5, 0.6) is 0 Å². The van der Waals surface area contributed by atoms with Gasteiger partial charge in [-0.3, -0.25) is 0 Å². The Morgan fingerprint density at radius 1 is 1.40 bits per heavy atom. The highest BCUT2D eigenvalue weighted by molar-refractivity contribution is 9.10. The minimum Gasteiger partial charge on any atom is -0.383 e. The van der Waals surface area contributed by atoms with Crippen molar-refractivity contribution < 1.29 is 9.47 Å². The smallest absolute Gasteiger partial charge is 0.0587 e. The third kappa shape index (κ3) is 5.37. The summed E-state index contributed by atoms with van der Waals surface area (Å²) in [5.74, 6) is 0. The maximum absolute atomic E-state index is 5.43. The molecule has 1 aromatic carbocycles. The van der Waals surface area contributed by atoms with Crippen molar-refractivity contribution in [2.75, 3.05) is 33.5 Å². The molecule has 2 rings (SSSR count). The van der Waals surface area contributed by atoms with E-state index in [0.717, 1.165) is 50.2 Å². The first-order chi connectivity index (χ1) is 9.79. The van der Waals surface area contributed by atoms with Crippen molar-refractivity contribution in [1.29, 1.82) is 0 Å². The van der Waals surface area contributed by atoms with Crippen LogP contribution in [0.15, 0.2) is 27.6 Å². The van der Waals surface area contributed by atoms with Gasteiger partial charge in [0.05, 0.1) is 6.61 Å². The lowest BCUT2D eigenvalue weighted by Crippen LogP contribution is -2.20. The summed E-state index contributed by atoms with van der Waals surface area (Å²) in [4.78, 5) is 1.37. The summed E-state index contributed by atoms with van der Waals surface area (Å²) in [6.07, 6.45) is 2.29. The van der Waals surface area contributed by atoms with Crippen LogP contribution >= 0.6 is 27.7 Å². The van der Waals surface area contributed by atoms with Crippen LogP contribution < -0.4 is 5.32 Å². The molecule has 112 valence electrons. The van der Waals surface area contributed by atoms with Crippen LogP contribution in [0, 0.1) is 0 Å². The van der Waals surface area contributed by atoms with Crippen molar-refractivity contribution in [2.45, 2.75) is 29.5 Å². The van der Waals surface area contributed by atoms with Crippen molar-refractivity contribution in [3.05, 3.63) is 28.2 Å². The van der Waals surface area contributed by atoms with E-state index in [1.807, 2.05) is 11.8 Å². The maximum atomic E-state index is 5.43. The van der Waals surface area contributed by atoms with E-state index in [1.54, 1.807) is 7.11 Å². The number of ether oxygens (including phenoxy) is 2. The number of nitrogens with one attached hydrogen (secondary N) is 1. The Morgan fingerprint density at radius 2 is 2.20 bits per heavy atom. The number of rotatable bonds is 7. The average molecular weight is 360 g/mol. The fourth-order valence-electron chi connectivity index (χ4n) is 2.15. The van der Waals surface area contributed by atoms with Crippen LogP contribution in [0.25, 0.3) is 0 Å². The molecule has 1 N–H and O–H groups in total. The Kier molecular flexibility index (Phi) is 7.38. The van der Waals surface area contributed by atoms with Gasteiger partial charge in [-0.15, -0.1) is 11.8 Å². The highest BCUT2D eigenvalue weighted by Gasteiger charge is 2.16. The summed E-state index contributed by atoms with van der Waals surface area (Å²) >= 11 is 5.56. The minimum atomic E-state index is 0.677.